The van der Waals surface area contributed by atoms with E-state index in [-0.39, 0.29) is 5.91 Å². The molecule has 0 spiro atoms. The molecule has 1 aliphatic carbocycles. The second-order valence-corrected chi connectivity index (χ2v) is 6.97. The molecule has 2 fully saturated rings. The summed E-state index contributed by atoms with van der Waals surface area (Å²) in [6, 6.07) is 8.26. The lowest BCUT2D eigenvalue weighted by atomic mass is 10.1. The van der Waals surface area contributed by atoms with Crippen LogP contribution in [0.4, 0.5) is 0 Å². The molecular weight excluding hydrogens is 286 g/mol. The third kappa shape index (κ3) is 2.67. The molecule has 1 saturated carbocycles. The molecule has 4 heteroatoms. The number of rotatable bonds is 3. The Balaban J connectivity index is 1.53. The predicted molar refractivity (Wildman–Crippen MR) is 89.7 cm³/mol. The Labute approximate surface area is 137 Å². The van der Waals surface area contributed by atoms with Crippen molar-refractivity contribution < 1.29 is 4.79 Å². The number of imidazole rings is 1. The van der Waals surface area contributed by atoms with E-state index in [1.54, 1.807) is 0 Å². The van der Waals surface area contributed by atoms with Gasteiger partial charge in [0.1, 0.15) is 5.82 Å². The number of hydrogen-bond acceptors (Lipinski definition) is 2. The summed E-state index contributed by atoms with van der Waals surface area (Å²) in [5.41, 5.74) is 3.16. The smallest absolute Gasteiger partial charge is 0.253 e. The van der Waals surface area contributed by atoms with Crippen LogP contribution >= 0.6 is 0 Å². The predicted octanol–water partition coefficient (Wildman–Crippen LogP) is 3.46. The van der Waals surface area contributed by atoms with Gasteiger partial charge in [-0.05, 0) is 45.2 Å². The average molecular weight is 309 g/mol. The summed E-state index contributed by atoms with van der Waals surface area (Å²) < 4.78 is 2.39. The van der Waals surface area contributed by atoms with Gasteiger partial charge in [0, 0.05) is 36.5 Å². The standard InChI is InChI=1S/C19H23N3O/c1-13-4-3-5-16(10-13)19(23)21-9-8-17(12-21)22-14(2)11-20-18(22)15-6-7-15/h3-5,10-11,15,17H,6-9,12H2,1-2H3. The number of carbonyl (C=O) groups excluding carboxylic acids is 1. The minimum atomic E-state index is 0.155. The van der Waals surface area contributed by atoms with E-state index in [0.29, 0.717) is 12.0 Å². The van der Waals surface area contributed by atoms with Crippen molar-refractivity contribution in [1.82, 2.24) is 14.5 Å². The van der Waals surface area contributed by atoms with Crippen LogP contribution in [0.5, 0.6) is 0 Å². The van der Waals surface area contributed by atoms with E-state index in [0.717, 1.165) is 30.6 Å². The highest BCUT2D eigenvalue weighted by molar-refractivity contribution is 5.94. The minimum Gasteiger partial charge on any atom is -0.336 e. The molecule has 4 nitrogen and oxygen atoms in total. The van der Waals surface area contributed by atoms with Gasteiger partial charge in [-0.15, -0.1) is 0 Å². The van der Waals surface area contributed by atoms with Crippen molar-refractivity contribution >= 4 is 5.91 Å². The maximum Gasteiger partial charge on any atom is 0.253 e. The second kappa shape index (κ2) is 5.52. The molecule has 23 heavy (non-hydrogen) atoms. The van der Waals surface area contributed by atoms with Crippen molar-refractivity contribution in [1.29, 1.82) is 0 Å². The number of carbonyl (C=O) groups is 1. The van der Waals surface area contributed by atoms with E-state index >= 15 is 0 Å². The maximum atomic E-state index is 12.7. The molecule has 2 aromatic rings. The van der Waals surface area contributed by atoms with Crippen LogP contribution in [-0.2, 0) is 0 Å². The van der Waals surface area contributed by atoms with Crippen molar-refractivity contribution in [2.24, 2.45) is 0 Å². The first-order valence-corrected chi connectivity index (χ1v) is 8.53. The number of amides is 1. The number of likely N-dealkylation sites (tertiary alicyclic amines) is 1. The first-order valence-electron chi connectivity index (χ1n) is 8.53. The Morgan fingerprint density at radius 3 is 2.78 bits per heavy atom. The van der Waals surface area contributed by atoms with E-state index in [4.69, 9.17) is 0 Å². The summed E-state index contributed by atoms with van der Waals surface area (Å²) >= 11 is 0. The molecule has 1 aromatic carbocycles. The Morgan fingerprint density at radius 1 is 1.22 bits per heavy atom. The van der Waals surface area contributed by atoms with Gasteiger partial charge in [0.25, 0.3) is 5.91 Å². The Hall–Kier alpha value is -2.10. The van der Waals surface area contributed by atoms with Gasteiger partial charge in [-0.2, -0.15) is 0 Å². The average Bonchev–Trinajstić information content (AvgIpc) is 3.14. The van der Waals surface area contributed by atoms with Crippen LogP contribution in [0, 0.1) is 13.8 Å². The largest absolute Gasteiger partial charge is 0.336 e. The number of nitrogens with zero attached hydrogens (tertiary/aromatic N) is 3. The Bertz CT molecular complexity index is 745. The zero-order valence-corrected chi connectivity index (χ0v) is 13.8. The molecule has 120 valence electrons. The molecule has 1 saturated heterocycles. The van der Waals surface area contributed by atoms with Gasteiger partial charge in [0.15, 0.2) is 0 Å². The second-order valence-electron chi connectivity index (χ2n) is 6.97. The lowest BCUT2D eigenvalue weighted by Crippen LogP contribution is -2.29. The maximum absolute atomic E-state index is 12.7. The quantitative estimate of drug-likeness (QED) is 0.871. The number of aromatic nitrogens is 2. The molecule has 1 aliphatic heterocycles. The minimum absolute atomic E-state index is 0.155. The van der Waals surface area contributed by atoms with Gasteiger partial charge in [-0.1, -0.05) is 17.7 Å². The van der Waals surface area contributed by atoms with Crippen LogP contribution in [0.2, 0.25) is 0 Å². The lowest BCUT2D eigenvalue weighted by Gasteiger charge is -2.20. The highest BCUT2D eigenvalue weighted by Gasteiger charge is 2.34. The normalized spacial score (nSPS) is 21.0. The van der Waals surface area contributed by atoms with Crippen molar-refractivity contribution in [3.8, 4) is 0 Å². The summed E-state index contributed by atoms with van der Waals surface area (Å²) in [5.74, 6) is 2.03. The number of benzene rings is 1. The molecule has 1 unspecified atom stereocenters. The fourth-order valence-corrected chi connectivity index (χ4v) is 3.68. The molecule has 0 bridgehead atoms. The van der Waals surface area contributed by atoms with Gasteiger partial charge in [-0.3, -0.25) is 4.79 Å². The number of hydrogen-bond donors (Lipinski definition) is 0. The Morgan fingerprint density at radius 2 is 2.04 bits per heavy atom. The summed E-state index contributed by atoms with van der Waals surface area (Å²) in [6.45, 7) is 5.78. The monoisotopic (exact) mass is 309 g/mol. The molecule has 1 atom stereocenters. The third-order valence-electron chi connectivity index (χ3n) is 5.03. The fourth-order valence-electron chi connectivity index (χ4n) is 3.68. The molecule has 1 aromatic heterocycles. The highest BCUT2D eigenvalue weighted by Crippen LogP contribution is 2.41. The molecular formula is C19H23N3O. The van der Waals surface area contributed by atoms with Gasteiger partial charge in [0.05, 0.1) is 6.04 Å². The molecule has 1 amide bonds. The van der Waals surface area contributed by atoms with Crippen LogP contribution in [0.15, 0.2) is 30.5 Å². The van der Waals surface area contributed by atoms with Crippen LogP contribution in [0.25, 0.3) is 0 Å². The van der Waals surface area contributed by atoms with E-state index in [1.807, 2.05) is 42.3 Å². The first kappa shape index (κ1) is 14.5. The molecule has 2 aliphatic rings. The van der Waals surface area contributed by atoms with Crippen molar-refractivity contribution in [3.63, 3.8) is 0 Å². The summed E-state index contributed by atoms with van der Waals surface area (Å²) in [7, 11) is 0. The lowest BCUT2D eigenvalue weighted by molar-refractivity contribution is 0.0787. The van der Waals surface area contributed by atoms with E-state index in [2.05, 4.69) is 16.5 Å². The SMILES string of the molecule is Cc1cccc(C(=O)N2CCC(n3c(C)cnc3C3CC3)C2)c1. The molecule has 2 heterocycles. The zero-order valence-electron chi connectivity index (χ0n) is 13.8. The topological polar surface area (TPSA) is 38.1 Å². The molecule has 0 radical (unpaired) electrons. The summed E-state index contributed by atoms with van der Waals surface area (Å²) in [5, 5.41) is 0. The number of aryl methyl sites for hydroxylation is 2. The third-order valence-corrected chi connectivity index (χ3v) is 5.03. The first-order chi connectivity index (χ1) is 11.1. The van der Waals surface area contributed by atoms with Crippen LogP contribution in [-0.4, -0.2) is 33.4 Å². The van der Waals surface area contributed by atoms with Crippen molar-refractivity contribution in [2.75, 3.05) is 13.1 Å². The highest BCUT2D eigenvalue weighted by atomic mass is 16.2. The fraction of sp³-hybridized carbons (Fsp3) is 0.474. The summed E-state index contributed by atoms with van der Waals surface area (Å²) in [6.07, 6.45) is 5.53. The van der Waals surface area contributed by atoms with Crippen LogP contribution in [0.1, 0.15) is 58.7 Å². The zero-order chi connectivity index (χ0) is 16.0. The van der Waals surface area contributed by atoms with Gasteiger partial charge in [-0.25, -0.2) is 4.98 Å². The van der Waals surface area contributed by atoms with Crippen molar-refractivity contribution in [3.05, 3.63) is 53.1 Å². The van der Waals surface area contributed by atoms with Gasteiger partial charge in [0.2, 0.25) is 0 Å². The van der Waals surface area contributed by atoms with E-state index in [1.165, 1.54) is 24.4 Å². The van der Waals surface area contributed by atoms with E-state index < -0.39 is 0 Å². The van der Waals surface area contributed by atoms with Crippen LogP contribution < -0.4 is 0 Å². The Kier molecular flexibility index (Phi) is 3.47. The molecule has 4 rings (SSSR count). The molecule has 0 N–H and O–H groups in total. The van der Waals surface area contributed by atoms with Gasteiger partial charge >= 0.3 is 0 Å². The van der Waals surface area contributed by atoms with E-state index in [9.17, 15) is 4.79 Å². The summed E-state index contributed by atoms with van der Waals surface area (Å²) in [4.78, 5) is 19.3. The van der Waals surface area contributed by atoms with Crippen LogP contribution in [0.3, 0.4) is 0 Å². The van der Waals surface area contributed by atoms with Gasteiger partial charge < -0.3 is 9.47 Å². The van der Waals surface area contributed by atoms with Crippen molar-refractivity contribution in [2.45, 2.75) is 45.1 Å².